The summed E-state index contributed by atoms with van der Waals surface area (Å²) in [5.41, 5.74) is 2.53. The SMILES string of the molecule is Cc1cc(-n2c(C)cc(C(=O)CSc3nnc(NC4CC4)s3)c2C)no1. The van der Waals surface area contributed by atoms with Crippen LogP contribution in [0, 0.1) is 20.8 Å². The van der Waals surface area contributed by atoms with Gasteiger partial charge < -0.3 is 9.84 Å². The number of nitrogens with one attached hydrogen (secondary N) is 1. The van der Waals surface area contributed by atoms with E-state index in [-0.39, 0.29) is 5.78 Å². The lowest BCUT2D eigenvalue weighted by Gasteiger charge is -2.04. The van der Waals surface area contributed by atoms with Gasteiger partial charge in [-0.2, -0.15) is 0 Å². The monoisotopic (exact) mass is 389 g/mol. The summed E-state index contributed by atoms with van der Waals surface area (Å²) in [4.78, 5) is 12.7. The Morgan fingerprint density at radius 3 is 2.85 bits per heavy atom. The van der Waals surface area contributed by atoms with Crippen molar-refractivity contribution in [1.29, 1.82) is 0 Å². The number of Topliss-reactive ketones (excluding diaryl/α,β-unsaturated/α-hetero) is 1. The van der Waals surface area contributed by atoms with Crippen LogP contribution in [0.25, 0.3) is 5.82 Å². The first-order chi connectivity index (χ1) is 12.5. The van der Waals surface area contributed by atoms with E-state index in [2.05, 4.69) is 20.7 Å². The van der Waals surface area contributed by atoms with Crippen LogP contribution in [0.15, 0.2) is 21.0 Å². The standard InChI is InChI=1S/C17H19N5O2S2/c1-9-6-13(11(3)22(9)15-7-10(2)24-21-15)14(23)8-25-17-20-19-16(26-17)18-12-4-5-12/h6-7,12H,4-5,8H2,1-3H3,(H,18,19). The number of hydrogen-bond donors (Lipinski definition) is 1. The van der Waals surface area contributed by atoms with Gasteiger partial charge in [0.15, 0.2) is 15.9 Å². The molecule has 0 aromatic carbocycles. The largest absolute Gasteiger partial charge is 0.360 e. The molecule has 26 heavy (non-hydrogen) atoms. The van der Waals surface area contributed by atoms with Gasteiger partial charge >= 0.3 is 0 Å². The van der Waals surface area contributed by atoms with Gasteiger partial charge in [0.2, 0.25) is 5.13 Å². The fourth-order valence-electron chi connectivity index (χ4n) is 2.79. The number of anilines is 1. The first-order valence-corrected chi connectivity index (χ1v) is 10.2. The van der Waals surface area contributed by atoms with E-state index in [1.165, 1.54) is 35.9 Å². The summed E-state index contributed by atoms with van der Waals surface area (Å²) in [6, 6.07) is 4.31. The van der Waals surface area contributed by atoms with Gasteiger partial charge in [-0.05, 0) is 39.7 Å². The number of thioether (sulfide) groups is 1. The van der Waals surface area contributed by atoms with Crippen molar-refractivity contribution in [3.05, 3.63) is 34.8 Å². The van der Waals surface area contributed by atoms with Crippen molar-refractivity contribution >= 4 is 34.0 Å². The van der Waals surface area contributed by atoms with Crippen molar-refractivity contribution < 1.29 is 9.32 Å². The summed E-state index contributed by atoms with van der Waals surface area (Å²) >= 11 is 2.93. The minimum absolute atomic E-state index is 0.0708. The molecule has 0 spiro atoms. The molecule has 0 amide bonds. The number of ketones is 1. The van der Waals surface area contributed by atoms with Crippen LogP contribution in [-0.2, 0) is 0 Å². The van der Waals surface area contributed by atoms with E-state index < -0.39 is 0 Å². The second-order valence-electron chi connectivity index (χ2n) is 6.42. The van der Waals surface area contributed by atoms with Gasteiger partial charge in [0.1, 0.15) is 5.76 Å². The zero-order valence-electron chi connectivity index (χ0n) is 14.8. The highest BCUT2D eigenvalue weighted by atomic mass is 32.2. The molecule has 1 aliphatic rings. The van der Waals surface area contributed by atoms with Crippen LogP contribution in [0.2, 0.25) is 0 Å². The van der Waals surface area contributed by atoms with Crippen LogP contribution in [0.4, 0.5) is 5.13 Å². The summed E-state index contributed by atoms with van der Waals surface area (Å²) in [5.74, 6) is 1.84. The van der Waals surface area contributed by atoms with Crippen molar-refractivity contribution in [2.24, 2.45) is 0 Å². The molecule has 3 aromatic rings. The Kier molecular flexibility index (Phi) is 4.58. The van der Waals surface area contributed by atoms with Gasteiger partial charge in [-0.1, -0.05) is 28.3 Å². The van der Waals surface area contributed by atoms with Crippen LogP contribution < -0.4 is 5.32 Å². The van der Waals surface area contributed by atoms with E-state index in [1.807, 2.05) is 37.5 Å². The highest BCUT2D eigenvalue weighted by Crippen LogP contribution is 2.31. The second kappa shape index (κ2) is 6.88. The minimum Gasteiger partial charge on any atom is -0.360 e. The third-order valence-corrected chi connectivity index (χ3v) is 6.20. The molecule has 3 heterocycles. The van der Waals surface area contributed by atoms with E-state index in [4.69, 9.17) is 4.52 Å². The number of carbonyl (C=O) groups is 1. The number of nitrogens with zero attached hydrogens (tertiary/aromatic N) is 4. The van der Waals surface area contributed by atoms with E-state index in [0.29, 0.717) is 23.2 Å². The number of rotatable bonds is 7. The first-order valence-electron chi connectivity index (χ1n) is 8.40. The predicted molar refractivity (Wildman–Crippen MR) is 102 cm³/mol. The van der Waals surface area contributed by atoms with E-state index in [9.17, 15) is 4.79 Å². The summed E-state index contributed by atoms with van der Waals surface area (Å²) in [6.07, 6.45) is 2.39. The van der Waals surface area contributed by atoms with Crippen molar-refractivity contribution in [3.63, 3.8) is 0 Å². The third-order valence-electron chi connectivity index (χ3n) is 4.21. The molecule has 1 N–H and O–H groups in total. The van der Waals surface area contributed by atoms with Crippen molar-refractivity contribution in [2.75, 3.05) is 11.1 Å². The summed E-state index contributed by atoms with van der Waals surface area (Å²) in [6.45, 7) is 5.74. The Morgan fingerprint density at radius 2 is 2.15 bits per heavy atom. The van der Waals surface area contributed by atoms with Gasteiger partial charge in [-0.25, -0.2) is 0 Å². The van der Waals surface area contributed by atoms with Crippen LogP contribution in [0.3, 0.4) is 0 Å². The van der Waals surface area contributed by atoms with E-state index >= 15 is 0 Å². The molecule has 1 fully saturated rings. The summed E-state index contributed by atoms with van der Waals surface area (Å²) < 4.78 is 7.91. The number of aromatic nitrogens is 4. The van der Waals surface area contributed by atoms with E-state index in [1.54, 1.807) is 0 Å². The van der Waals surface area contributed by atoms with Crippen molar-refractivity contribution in [2.45, 2.75) is 44.0 Å². The molecule has 3 aromatic heterocycles. The molecule has 1 aliphatic carbocycles. The molecule has 4 rings (SSSR count). The van der Waals surface area contributed by atoms with Crippen LogP contribution in [0.1, 0.15) is 40.3 Å². The molecular formula is C17H19N5O2S2. The lowest BCUT2D eigenvalue weighted by Crippen LogP contribution is -2.05. The van der Waals surface area contributed by atoms with Gasteiger partial charge in [-0.15, -0.1) is 10.2 Å². The maximum absolute atomic E-state index is 12.7. The average Bonchev–Trinajstić information content (AvgIpc) is 2.99. The van der Waals surface area contributed by atoms with Gasteiger partial charge in [0.05, 0.1) is 5.75 Å². The van der Waals surface area contributed by atoms with Crippen LogP contribution >= 0.6 is 23.1 Å². The van der Waals surface area contributed by atoms with Gasteiger partial charge in [-0.3, -0.25) is 9.36 Å². The Bertz CT molecular complexity index is 954. The quantitative estimate of drug-likeness (QED) is 0.486. The lowest BCUT2D eigenvalue weighted by molar-refractivity contribution is 0.102. The minimum atomic E-state index is 0.0708. The fraction of sp³-hybridized carbons (Fsp3) is 0.412. The molecule has 0 bridgehead atoms. The second-order valence-corrected chi connectivity index (χ2v) is 8.62. The zero-order valence-corrected chi connectivity index (χ0v) is 16.4. The molecule has 7 nitrogen and oxygen atoms in total. The Morgan fingerprint density at radius 1 is 1.35 bits per heavy atom. The van der Waals surface area contributed by atoms with Crippen LogP contribution in [0.5, 0.6) is 0 Å². The number of aryl methyl sites for hydroxylation is 2. The Labute approximate surface area is 159 Å². The smallest absolute Gasteiger partial charge is 0.206 e. The molecule has 0 radical (unpaired) electrons. The maximum atomic E-state index is 12.7. The molecule has 136 valence electrons. The first kappa shape index (κ1) is 17.3. The molecular weight excluding hydrogens is 370 g/mol. The third kappa shape index (κ3) is 3.54. The molecule has 0 saturated heterocycles. The molecule has 0 unspecified atom stereocenters. The van der Waals surface area contributed by atoms with Gasteiger partial charge in [0.25, 0.3) is 0 Å². The predicted octanol–water partition coefficient (Wildman–Crippen LogP) is 3.79. The molecule has 9 heteroatoms. The zero-order chi connectivity index (χ0) is 18.3. The van der Waals surface area contributed by atoms with Crippen LogP contribution in [-0.4, -0.2) is 37.5 Å². The molecule has 0 atom stereocenters. The number of carbonyl (C=O) groups excluding carboxylic acids is 1. The highest BCUT2D eigenvalue weighted by molar-refractivity contribution is 8.01. The van der Waals surface area contributed by atoms with Crippen molar-refractivity contribution in [3.8, 4) is 5.82 Å². The lowest BCUT2D eigenvalue weighted by atomic mass is 10.2. The fourth-order valence-corrected chi connectivity index (χ4v) is 4.50. The number of hydrogen-bond acceptors (Lipinski definition) is 8. The molecule has 0 aliphatic heterocycles. The summed E-state index contributed by atoms with van der Waals surface area (Å²) in [5, 5.41) is 16.5. The Balaban J connectivity index is 1.45. The summed E-state index contributed by atoms with van der Waals surface area (Å²) in [7, 11) is 0. The average molecular weight is 390 g/mol. The molecule has 1 saturated carbocycles. The maximum Gasteiger partial charge on any atom is 0.206 e. The topological polar surface area (TPSA) is 85.8 Å². The highest BCUT2D eigenvalue weighted by Gasteiger charge is 2.23. The van der Waals surface area contributed by atoms with E-state index in [0.717, 1.165) is 26.6 Å². The van der Waals surface area contributed by atoms with Crippen molar-refractivity contribution in [1.82, 2.24) is 19.9 Å². The normalized spacial score (nSPS) is 14.0. The van der Waals surface area contributed by atoms with Gasteiger partial charge in [0, 0.05) is 29.1 Å². The Hall–Kier alpha value is -2.13.